The van der Waals surface area contributed by atoms with E-state index in [1.54, 1.807) is 13.1 Å². The van der Waals surface area contributed by atoms with Gasteiger partial charge in [0, 0.05) is 17.6 Å². The maximum Gasteiger partial charge on any atom is 0.329 e. The summed E-state index contributed by atoms with van der Waals surface area (Å²) in [5.74, 6) is -1.05. The Labute approximate surface area is 110 Å². The van der Waals surface area contributed by atoms with E-state index in [4.69, 9.17) is 5.11 Å². The quantitative estimate of drug-likeness (QED) is 0.879. The number of nitrogens with one attached hydrogen (secondary N) is 1. The summed E-state index contributed by atoms with van der Waals surface area (Å²) in [6, 6.07) is -0.459. The van der Waals surface area contributed by atoms with Crippen LogP contribution in [-0.2, 0) is 4.79 Å². The number of hydrogen-bond donors (Lipinski definition) is 2. The Morgan fingerprint density at radius 1 is 1.56 bits per heavy atom. The van der Waals surface area contributed by atoms with Gasteiger partial charge in [0.15, 0.2) is 5.13 Å². The smallest absolute Gasteiger partial charge is 0.329 e. The molecule has 0 radical (unpaired) electrons. The van der Waals surface area contributed by atoms with Crippen molar-refractivity contribution in [3.8, 4) is 0 Å². The molecular formula is C11H17N3O3S. The van der Waals surface area contributed by atoms with Gasteiger partial charge >= 0.3 is 12.0 Å². The Hall–Kier alpha value is -1.63. The fraction of sp³-hybridized carbons (Fsp3) is 0.545. The minimum absolute atomic E-state index is 0.301. The van der Waals surface area contributed by atoms with Crippen molar-refractivity contribution in [1.29, 1.82) is 0 Å². The third kappa shape index (κ3) is 2.98. The van der Waals surface area contributed by atoms with E-state index < -0.39 is 17.5 Å². The van der Waals surface area contributed by atoms with Gasteiger partial charge in [0.1, 0.15) is 5.54 Å². The SMILES string of the molecule is CCN(C(=O)Nc1ncc(C)s1)C(C)(C)C(=O)O. The molecule has 0 atom stereocenters. The van der Waals surface area contributed by atoms with Gasteiger partial charge in [-0.25, -0.2) is 14.6 Å². The first-order chi connectivity index (χ1) is 8.28. The molecule has 0 saturated heterocycles. The van der Waals surface area contributed by atoms with E-state index >= 15 is 0 Å². The number of anilines is 1. The summed E-state index contributed by atoms with van der Waals surface area (Å²) >= 11 is 1.35. The molecule has 1 aromatic heterocycles. The van der Waals surface area contributed by atoms with E-state index in [9.17, 15) is 9.59 Å². The molecule has 2 N–H and O–H groups in total. The van der Waals surface area contributed by atoms with E-state index in [1.807, 2.05) is 6.92 Å². The van der Waals surface area contributed by atoms with Crippen LogP contribution in [0.3, 0.4) is 0 Å². The lowest BCUT2D eigenvalue weighted by Crippen LogP contribution is -2.54. The highest BCUT2D eigenvalue weighted by atomic mass is 32.1. The van der Waals surface area contributed by atoms with Gasteiger partial charge < -0.3 is 10.0 Å². The maximum absolute atomic E-state index is 12.0. The Balaban J connectivity index is 2.83. The second-order valence-corrected chi connectivity index (χ2v) is 5.55. The highest BCUT2D eigenvalue weighted by Gasteiger charge is 2.37. The van der Waals surface area contributed by atoms with E-state index in [0.717, 1.165) is 4.88 Å². The Morgan fingerprint density at radius 3 is 2.56 bits per heavy atom. The van der Waals surface area contributed by atoms with Crippen LogP contribution in [0.5, 0.6) is 0 Å². The van der Waals surface area contributed by atoms with Gasteiger partial charge in [0.05, 0.1) is 0 Å². The molecule has 0 aliphatic heterocycles. The summed E-state index contributed by atoms with van der Waals surface area (Å²) in [5.41, 5.74) is -1.26. The van der Waals surface area contributed by atoms with Crippen LogP contribution in [0.15, 0.2) is 6.20 Å². The molecular weight excluding hydrogens is 254 g/mol. The number of aliphatic carboxylic acids is 1. The normalized spacial score (nSPS) is 11.1. The van der Waals surface area contributed by atoms with Crippen LogP contribution in [0.25, 0.3) is 0 Å². The van der Waals surface area contributed by atoms with Crippen molar-refractivity contribution in [1.82, 2.24) is 9.88 Å². The number of carbonyl (C=O) groups excluding carboxylic acids is 1. The molecule has 1 heterocycles. The minimum atomic E-state index is -1.26. The lowest BCUT2D eigenvalue weighted by atomic mass is 10.0. The van der Waals surface area contributed by atoms with Gasteiger partial charge in [-0.3, -0.25) is 5.32 Å². The molecule has 100 valence electrons. The van der Waals surface area contributed by atoms with Crippen molar-refractivity contribution >= 4 is 28.5 Å². The topological polar surface area (TPSA) is 82.5 Å². The first-order valence-corrected chi connectivity index (χ1v) is 6.35. The van der Waals surface area contributed by atoms with Crippen LogP contribution < -0.4 is 5.32 Å². The molecule has 0 saturated carbocycles. The third-order valence-electron chi connectivity index (χ3n) is 2.59. The summed E-state index contributed by atoms with van der Waals surface area (Å²) in [6.45, 7) is 6.90. The van der Waals surface area contributed by atoms with Crippen molar-refractivity contribution < 1.29 is 14.7 Å². The fourth-order valence-electron chi connectivity index (χ4n) is 1.48. The minimum Gasteiger partial charge on any atom is -0.480 e. The molecule has 0 bridgehead atoms. The van der Waals surface area contributed by atoms with Gasteiger partial charge in [-0.05, 0) is 27.7 Å². The fourth-order valence-corrected chi connectivity index (χ4v) is 2.13. The van der Waals surface area contributed by atoms with Crippen molar-refractivity contribution in [2.24, 2.45) is 0 Å². The van der Waals surface area contributed by atoms with Gasteiger partial charge in [-0.1, -0.05) is 0 Å². The predicted molar refractivity (Wildman–Crippen MR) is 70.0 cm³/mol. The molecule has 0 fully saturated rings. The third-order valence-corrected chi connectivity index (χ3v) is 3.42. The zero-order valence-corrected chi connectivity index (χ0v) is 11.7. The van der Waals surface area contributed by atoms with Crippen LogP contribution in [0.2, 0.25) is 0 Å². The van der Waals surface area contributed by atoms with Gasteiger partial charge in [0.25, 0.3) is 0 Å². The van der Waals surface area contributed by atoms with Crippen LogP contribution in [0, 0.1) is 6.92 Å². The summed E-state index contributed by atoms with van der Waals surface area (Å²) in [7, 11) is 0. The van der Waals surface area contributed by atoms with Gasteiger partial charge in [0.2, 0.25) is 0 Å². The number of carboxylic acids is 1. The number of carboxylic acid groups (broad SMARTS) is 1. The number of thiazole rings is 1. The monoisotopic (exact) mass is 271 g/mol. The summed E-state index contributed by atoms with van der Waals surface area (Å²) in [6.07, 6.45) is 1.65. The molecule has 0 aromatic carbocycles. The molecule has 0 unspecified atom stereocenters. The largest absolute Gasteiger partial charge is 0.480 e. The van der Waals surface area contributed by atoms with Crippen molar-refractivity contribution in [2.45, 2.75) is 33.2 Å². The summed E-state index contributed by atoms with van der Waals surface area (Å²) in [5, 5.41) is 12.2. The zero-order valence-electron chi connectivity index (χ0n) is 10.9. The number of hydrogen-bond acceptors (Lipinski definition) is 4. The number of likely N-dealkylation sites (N-methyl/N-ethyl adjacent to an activating group) is 1. The Kier molecular flexibility index (Phi) is 4.28. The highest BCUT2D eigenvalue weighted by molar-refractivity contribution is 7.15. The molecule has 6 nitrogen and oxygen atoms in total. The van der Waals surface area contributed by atoms with Gasteiger partial charge in [-0.2, -0.15) is 0 Å². The maximum atomic E-state index is 12.0. The number of nitrogens with zero attached hydrogens (tertiary/aromatic N) is 2. The number of rotatable bonds is 4. The molecule has 18 heavy (non-hydrogen) atoms. The van der Waals surface area contributed by atoms with Gasteiger partial charge in [-0.15, -0.1) is 11.3 Å². The Bertz CT molecular complexity index is 456. The highest BCUT2D eigenvalue weighted by Crippen LogP contribution is 2.20. The van der Waals surface area contributed by atoms with Crippen LogP contribution in [0.1, 0.15) is 25.6 Å². The average Bonchev–Trinajstić information content (AvgIpc) is 2.64. The first-order valence-electron chi connectivity index (χ1n) is 5.53. The van der Waals surface area contributed by atoms with Crippen LogP contribution >= 0.6 is 11.3 Å². The molecule has 2 amide bonds. The second kappa shape index (κ2) is 5.34. The molecule has 0 aliphatic carbocycles. The molecule has 1 aromatic rings. The predicted octanol–water partition coefficient (Wildman–Crippen LogP) is 2.17. The molecule has 7 heteroatoms. The standard InChI is InChI=1S/C11H17N3O3S/c1-5-14(11(3,4)8(15)16)10(17)13-9-12-6-7(2)18-9/h6H,5H2,1-4H3,(H,15,16)(H,12,13,17). The molecule has 0 aliphatic rings. The molecule has 1 rings (SSSR count). The number of urea groups is 1. The summed E-state index contributed by atoms with van der Waals surface area (Å²) < 4.78 is 0. The second-order valence-electron chi connectivity index (χ2n) is 4.31. The zero-order chi connectivity index (χ0) is 13.9. The first kappa shape index (κ1) is 14.4. The summed E-state index contributed by atoms with van der Waals surface area (Å²) in [4.78, 5) is 29.4. The number of aromatic nitrogens is 1. The van der Waals surface area contributed by atoms with Crippen molar-refractivity contribution in [2.75, 3.05) is 11.9 Å². The van der Waals surface area contributed by atoms with Crippen LogP contribution in [-0.4, -0.2) is 39.1 Å². The number of amides is 2. The Morgan fingerprint density at radius 2 is 2.17 bits per heavy atom. The van der Waals surface area contributed by atoms with E-state index in [-0.39, 0.29) is 0 Å². The average molecular weight is 271 g/mol. The lowest BCUT2D eigenvalue weighted by Gasteiger charge is -2.33. The number of carbonyl (C=O) groups is 2. The molecule has 0 spiro atoms. The lowest BCUT2D eigenvalue weighted by molar-refractivity contribution is -0.147. The number of aryl methyl sites for hydroxylation is 1. The van der Waals surface area contributed by atoms with E-state index in [2.05, 4.69) is 10.3 Å². The van der Waals surface area contributed by atoms with E-state index in [0.29, 0.717) is 11.7 Å². The van der Waals surface area contributed by atoms with Crippen LogP contribution in [0.4, 0.5) is 9.93 Å². The van der Waals surface area contributed by atoms with Crippen molar-refractivity contribution in [3.05, 3.63) is 11.1 Å². The van der Waals surface area contributed by atoms with E-state index in [1.165, 1.54) is 30.1 Å². The van der Waals surface area contributed by atoms with Crippen molar-refractivity contribution in [3.63, 3.8) is 0 Å².